The third-order valence-electron chi connectivity index (χ3n) is 3.57. The van der Waals surface area contributed by atoms with E-state index in [9.17, 15) is 14.0 Å². The molecule has 1 N–H and O–H groups in total. The van der Waals surface area contributed by atoms with Gasteiger partial charge in [0.15, 0.2) is 0 Å². The van der Waals surface area contributed by atoms with Gasteiger partial charge in [-0.2, -0.15) is 11.8 Å². The molecular formula is C16H16FN3O3S. The summed E-state index contributed by atoms with van der Waals surface area (Å²) in [7, 11) is 0. The number of hydrogen-bond donors (Lipinski definition) is 1. The Kier molecular flexibility index (Phi) is 5.14. The van der Waals surface area contributed by atoms with Crippen molar-refractivity contribution in [2.24, 2.45) is 0 Å². The molecule has 1 fully saturated rings. The number of amides is 1. The normalized spacial score (nSPS) is 14.5. The van der Waals surface area contributed by atoms with E-state index in [0.717, 1.165) is 11.5 Å². The maximum absolute atomic E-state index is 12.8. The lowest BCUT2D eigenvalue weighted by Crippen LogP contribution is -2.40. The number of aromatic nitrogens is 2. The van der Waals surface area contributed by atoms with Crippen molar-refractivity contribution in [1.29, 1.82) is 0 Å². The molecule has 0 atom stereocenters. The molecule has 0 aliphatic carbocycles. The van der Waals surface area contributed by atoms with E-state index in [2.05, 4.69) is 9.97 Å². The highest BCUT2D eigenvalue weighted by Crippen LogP contribution is 2.13. The van der Waals surface area contributed by atoms with Crippen LogP contribution in [-0.4, -0.2) is 45.4 Å². The third kappa shape index (κ3) is 3.94. The van der Waals surface area contributed by atoms with E-state index >= 15 is 0 Å². The summed E-state index contributed by atoms with van der Waals surface area (Å²) in [6, 6.07) is 5.54. The van der Waals surface area contributed by atoms with Gasteiger partial charge in [-0.15, -0.1) is 0 Å². The summed E-state index contributed by atoms with van der Waals surface area (Å²) >= 11 is 1.79. The molecule has 0 saturated carbocycles. The molecule has 1 aliphatic heterocycles. The Balaban J connectivity index is 1.66. The van der Waals surface area contributed by atoms with E-state index in [-0.39, 0.29) is 23.9 Å². The molecule has 2 heterocycles. The summed E-state index contributed by atoms with van der Waals surface area (Å²) in [6.07, 6.45) is 1.28. The zero-order chi connectivity index (χ0) is 16.9. The first-order valence-electron chi connectivity index (χ1n) is 7.47. The smallest absolute Gasteiger partial charge is 0.263 e. The average Bonchev–Trinajstić information content (AvgIpc) is 2.61. The number of halogens is 1. The fourth-order valence-electron chi connectivity index (χ4n) is 2.28. The standard InChI is InChI=1S/C16H16FN3O3S/c17-11-1-3-12(4-2-11)23-10-14-18-9-13(15(21)19-14)16(22)20-5-7-24-8-6-20/h1-4,9H,5-8,10H2,(H,18,19,21). The van der Waals surface area contributed by atoms with Crippen molar-refractivity contribution in [3.8, 4) is 5.75 Å². The summed E-state index contributed by atoms with van der Waals surface area (Å²) in [4.78, 5) is 32.8. The molecular weight excluding hydrogens is 333 g/mol. The Morgan fingerprint density at radius 1 is 1.29 bits per heavy atom. The molecule has 1 saturated heterocycles. The van der Waals surface area contributed by atoms with Crippen LogP contribution in [0.3, 0.4) is 0 Å². The minimum Gasteiger partial charge on any atom is -0.486 e. The quantitative estimate of drug-likeness (QED) is 0.909. The Hall–Kier alpha value is -2.35. The summed E-state index contributed by atoms with van der Waals surface area (Å²) in [5.74, 6) is 1.87. The van der Waals surface area contributed by atoms with Gasteiger partial charge < -0.3 is 14.6 Å². The zero-order valence-electron chi connectivity index (χ0n) is 12.8. The summed E-state index contributed by atoms with van der Waals surface area (Å²) in [5.41, 5.74) is -0.446. The number of ether oxygens (including phenoxy) is 1. The van der Waals surface area contributed by atoms with Crippen LogP contribution >= 0.6 is 11.8 Å². The van der Waals surface area contributed by atoms with E-state index in [1.54, 1.807) is 16.7 Å². The lowest BCUT2D eigenvalue weighted by atomic mass is 10.3. The Morgan fingerprint density at radius 3 is 2.67 bits per heavy atom. The van der Waals surface area contributed by atoms with Crippen molar-refractivity contribution in [2.45, 2.75) is 6.61 Å². The van der Waals surface area contributed by atoms with Crippen LogP contribution in [0.1, 0.15) is 16.2 Å². The lowest BCUT2D eigenvalue weighted by Gasteiger charge is -2.25. The van der Waals surface area contributed by atoms with Crippen LogP contribution < -0.4 is 10.3 Å². The number of carbonyl (C=O) groups is 1. The molecule has 126 valence electrons. The van der Waals surface area contributed by atoms with E-state index in [1.807, 2.05) is 0 Å². The van der Waals surface area contributed by atoms with Crippen LogP contribution in [0, 0.1) is 5.82 Å². The molecule has 1 amide bonds. The van der Waals surface area contributed by atoms with Crippen LogP contribution in [0.2, 0.25) is 0 Å². The monoisotopic (exact) mass is 349 g/mol. The van der Waals surface area contributed by atoms with Gasteiger partial charge in [-0.1, -0.05) is 0 Å². The van der Waals surface area contributed by atoms with Crippen molar-refractivity contribution in [1.82, 2.24) is 14.9 Å². The van der Waals surface area contributed by atoms with Gasteiger partial charge in [0, 0.05) is 30.8 Å². The number of benzene rings is 1. The second-order valence-corrected chi connectivity index (χ2v) is 6.44. The molecule has 8 heteroatoms. The van der Waals surface area contributed by atoms with E-state index in [0.29, 0.717) is 24.7 Å². The fourth-order valence-corrected chi connectivity index (χ4v) is 3.18. The highest BCUT2D eigenvalue weighted by molar-refractivity contribution is 7.99. The van der Waals surface area contributed by atoms with Gasteiger partial charge in [0.05, 0.1) is 0 Å². The Bertz CT molecular complexity index is 773. The molecule has 0 radical (unpaired) electrons. The third-order valence-corrected chi connectivity index (χ3v) is 4.51. The van der Waals surface area contributed by atoms with Gasteiger partial charge in [0.2, 0.25) is 0 Å². The molecule has 3 rings (SSSR count). The first-order valence-corrected chi connectivity index (χ1v) is 8.62. The molecule has 0 unspecified atom stereocenters. The summed E-state index contributed by atoms with van der Waals surface area (Å²) in [5, 5.41) is 0. The number of aromatic amines is 1. The van der Waals surface area contributed by atoms with Crippen LogP contribution in [-0.2, 0) is 6.61 Å². The van der Waals surface area contributed by atoms with Gasteiger partial charge >= 0.3 is 0 Å². The highest BCUT2D eigenvalue weighted by Gasteiger charge is 2.21. The Morgan fingerprint density at radius 2 is 2.00 bits per heavy atom. The second-order valence-electron chi connectivity index (χ2n) is 5.22. The van der Waals surface area contributed by atoms with Gasteiger partial charge in [-0.05, 0) is 24.3 Å². The molecule has 24 heavy (non-hydrogen) atoms. The minimum atomic E-state index is -0.481. The van der Waals surface area contributed by atoms with Crippen molar-refractivity contribution in [3.63, 3.8) is 0 Å². The Labute approximate surface area is 142 Å². The van der Waals surface area contributed by atoms with Gasteiger partial charge in [0.1, 0.15) is 29.6 Å². The average molecular weight is 349 g/mol. The second kappa shape index (κ2) is 7.48. The molecule has 1 aromatic carbocycles. The van der Waals surface area contributed by atoms with Gasteiger partial charge in [0.25, 0.3) is 11.5 Å². The number of carbonyl (C=O) groups excluding carboxylic acids is 1. The number of H-pyrrole nitrogens is 1. The maximum Gasteiger partial charge on any atom is 0.263 e. The highest BCUT2D eigenvalue weighted by atomic mass is 32.2. The van der Waals surface area contributed by atoms with E-state index in [4.69, 9.17) is 4.74 Å². The predicted molar refractivity (Wildman–Crippen MR) is 88.8 cm³/mol. The van der Waals surface area contributed by atoms with Crippen LogP contribution in [0.15, 0.2) is 35.3 Å². The first kappa shape index (κ1) is 16.5. The number of rotatable bonds is 4. The topological polar surface area (TPSA) is 75.3 Å². The van der Waals surface area contributed by atoms with Crippen LogP contribution in [0.25, 0.3) is 0 Å². The van der Waals surface area contributed by atoms with Crippen LogP contribution in [0.4, 0.5) is 4.39 Å². The number of nitrogens with one attached hydrogen (secondary N) is 1. The van der Waals surface area contributed by atoms with Gasteiger partial charge in [-0.3, -0.25) is 9.59 Å². The van der Waals surface area contributed by atoms with Gasteiger partial charge in [-0.25, -0.2) is 9.37 Å². The number of thioether (sulfide) groups is 1. The maximum atomic E-state index is 12.8. The van der Waals surface area contributed by atoms with Crippen molar-refractivity contribution in [3.05, 3.63) is 58.0 Å². The number of nitrogens with zero attached hydrogens (tertiary/aromatic N) is 2. The molecule has 0 spiro atoms. The van der Waals surface area contributed by atoms with E-state index in [1.165, 1.54) is 30.5 Å². The predicted octanol–water partition coefficient (Wildman–Crippen LogP) is 1.68. The molecule has 6 nitrogen and oxygen atoms in total. The summed E-state index contributed by atoms with van der Waals surface area (Å²) in [6.45, 7) is 1.30. The SMILES string of the molecule is O=C(c1cnc(COc2ccc(F)cc2)[nH]c1=O)N1CCSCC1. The summed E-state index contributed by atoms with van der Waals surface area (Å²) < 4.78 is 18.2. The minimum absolute atomic E-state index is 0.0235. The van der Waals surface area contributed by atoms with Crippen molar-refractivity contribution >= 4 is 17.7 Å². The fraction of sp³-hybridized carbons (Fsp3) is 0.312. The van der Waals surface area contributed by atoms with Crippen molar-refractivity contribution in [2.75, 3.05) is 24.6 Å². The largest absolute Gasteiger partial charge is 0.486 e. The van der Waals surface area contributed by atoms with E-state index < -0.39 is 5.56 Å². The molecule has 1 aliphatic rings. The molecule has 2 aromatic rings. The number of hydrogen-bond acceptors (Lipinski definition) is 5. The zero-order valence-corrected chi connectivity index (χ0v) is 13.6. The molecule has 0 bridgehead atoms. The first-order chi connectivity index (χ1) is 11.6. The molecule has 1 aromatic heterocycles. The lowest BCUT2D eigenvalue weighted by molar-refractivity contribution is 0.0770. The van der Waals surface area contributed by atoms with Crippen molar-refractivity contribution < 1.29 is 13.9 Å². The van der Waals surface area contributed by atoms with Crippen LogP contribution in [0.5, 0.6) is 5.75 Å².